The van der Waals surface area contributed by atoms with Crippen LogP contribution in [0.25, 0.3) is 0 Å². The van der Waals surface area contributed by atoms with Gasteiger partial charge in [-0.1, -0.05) is 42.5 Å². The molecule has 0 unspecified atom stereocenters. The van der Waals surface area contributed by atoms with E-state index in [0.29, 0.717) is 48.2 Å². The van der Waals surface area contributed by atoms with Gasteiger partial charge in [0.05, 0.1) is 24.4 Å². The van der Waals surface area contributed by atoms with E-state index in [0.717, 1.165) is 11.1 Å². The summed E-state index contributed by atoms with van der Waals surface area (Å²) in [7, 11) is -3.71. The normalized spacial score (nSPS) is 14.0. The number of carbonyl (C=O) groups excluding carboxylic acids is 2. The molecule has 0 spiro atoms. The molecule has 0 aliphatic heterocycles. The fourth-order valence-corrected chi connectivity index (χ4v) is 6.55. The van der Waals surface area contributed by atoms with Crippen molar-refractivity contribution in [1.29, 1.82) is 0 Å². The van der Waals surface area contributed by atoms with Crippen molar-refractivity contribution in [3.63, 3.8) is 0 Å². The minimum absolute atomic E-state index is 0.00799. The van der Waals surface area contributed by atoms with Gasteiger partial charge in [0.2, 0.25) is 5.91 Å². The molecule has 9 heteroatoms. The van der Waals surface area contributed by atoms with E-state index < -0.39 is 21.8 Å². The third kappa shape index (κ3) is 6.26. The summed E-state index contributed by atoms with van der Waals surface area (Å²) in [6, 6.07) is 19.5. The predicted octanol–water partition coefficient (Wildman–Crippen LogP) is 4.44. The number of hydrogen-bond donors (Lipinski definition) is 1. The van der Waals surface area contributed by atoms with Crippen molar-refractivity contribution in [3.05, 3.63) is 119 Å². The Labute approximate surface area is 227 Å². The van der Waals surface area contributed by atoms with Crippen LogP contribution in [0.1, 0.15) is 61.9 Å². The van der Waals surface area contributed by atoms with Gasteiger partial charge in [0, 0.05) is 35.5 Å². The zero-order valence-electron chi connectivity index (χ0n) is 21.3. The van der Waals surface area contributed by atoms with Gasteiger partial charge in [-0.2, -0.15) is 0 Å². The summed E-state index contributed by atoms with van der Waals surface area (Å²) in [5, 5.41) is 0. The number of ether oxygens (including phenoxy) is 1. The first-order valence-electron chi connectivity index (χ1n) is 12.7. The minimum Gasteiger partial charge on any atom is -0.484 e. The molecule has 8 nitrogen and oxygen atoms in total. The van der Waals surface area contributed by atoms with Crippen LogP contribution in [0, 0.1) is 0 Å². The van der Waals surface area contributed by atoms with Crippen molar-refractivity contribution >= 4 is 21.5 Å². The number of carbonyl (C=O) groups is 2. The van der Waals surface area contributed by atoms with Gasteiger partial charge in [0.15, 0.2) is 15.6 Å². The van der Waals surface area contributed by atoms with Crippen LogP contribution in [0.2, 0.25) is 0 Å². The third-order valence-corrected chi connectivity index (χ3v) is 8.36. The number of sulfone groups is 1. The molecular formula is C30H29N3O5S. The summed E-state index contributed by atoms with van der Waals surface area (Å²) in [6.45, 7) is 0.464. The number of aromatic nitrogens is 2. The lowest BCUT2D eigenvalue weighted by Gasteiger charge is -2.25. The summed E-state index contributed by atoms with van der Waals surface area (Å²) in [6.07, 6.45) is 6.50. The second-order valence-corrected chi connectivity index (χ2v) is 11.8. The average Bonchev–Trinajstić information content (AvgIpc) is 3.43. The number of ketones is 1. The summed E-state index contributed by atoms with van der Waals surface area (Å²) >= 11 is 0. The Morgan fingerprint density at radius 2 is 1.85 bits per heavy atom. The number of fused-ring (bicyclic) bond motifs is 1. The highest BCUT2D eigenvalue weighted by atomic mass is 32.2. The highest BCUT2D eigenvalue weighted by molar-refractivity contribution is 7.89. The molecule has 4 aromatic rings. The first kappa shape index (κ1) is 26.4. The summed E-state index contributed by atoms with van der Waals surface area (Å²) in [5.74, 6) is -0.750. The Morgan fingerprint density at radius 3 is 2.59 bits per heavy atom. The van der Waals surface area contributed by atoms with E-state index in [-0.39, 0.29) is 22.9 Å². The molecule has 0 saturated heterocycles. The smallest absolute Gasteiger partial charge is 0.248 e. The fraction of sp³-hybridized carbons (Fsp3) is 0.233. The van der Waals surface area contributed by atoms with E-state index in [9.17, 15) is 18.0 Å². The standard InChI is InChI=1S/C30H29N3O5S/c31-30(35)23-9-4-6-21(16-23)18-39(36,37)19-26-24-10-5-11-27(34)25(24)12-13-28(26)38-29(17-33-15-14-32-20-33)22-7-2-1-3-8-22/h1-4,6-9,12-16,20,29H,5,10-11,17-19H2,(H2,31,35)/t29-/m1/s1. The summed E-state index contributed by atoms with van der Waals surface area (Å²) in [4.78, 5) is 28.4. The number of Topliss-reactive ketones (excluding diaryl/α,β-unsaturated/α-hetero) is 1. The van der Waals surface area contributed by atoms with Gasteiger partial charge in [-0.05, 0) is 53.8 Å². The van der Waals surface area contributed by atoms with Crippen LogP contribution in [0.5, 0.6) is 5.75 Å². The van der Waals surface area contributed by atoms with Crippen molar-refractivity contribution in [2.45, 2.75) is 43.4 Å². The van der Waals surface area contributed by atoms with Crippen LogP contribution < -0.4 is 10.5 Å². The Hall–Kier alpha value is -4.24. The number of primary amides is 1. The Morgan fingerprint density at radius 1 is 1.03 bits per heavy atom. The maximum atomic E-state index is 13.5. The lowest BCUT2D eigenvalue weighted by molar-refractivity contribution is 0.0969. The minimum atomic E-state index is -3.71. The largest absolute Gasteiger partial charge is 0.484 e. The summed E-state index contributed by atoms with van der Waals surface area (Å²) < 4.78 is 35.5. The molecule has 0 bridgehead atoms. The molecule has 2 N–H and O–H groups in total. The Bertz CT molecular complexity index is 1600. The molecule has 39 heavy (non-hydrogen) atoms. The monoisotopic (exact) mass is 543 g/mol. The molecule has 1 aliphatic rings. The summed E-state index contributed by atoms with van der Waals surface area (Å²) in [5.41, 5.74) is 8.82. The molecule has 1 aliphatic carbocycles. The fourth-order valence-electron chi connectivity index (χ4n) is 5.00. The number of hydrogen-bond acceptors (Lipinski definition) is 6. The quantitative estimate of drug-likeness (QED) is 0.316. The molecule has 1 aromatic heterocycles. The van der Waals surface area contributed by atoms with E-state index in [4.69, 9.17) is 10.5 Å². The van der Waals surface area contributed by atoms with E-state index in [2.05, 4.69) is 4.98 Å². The van der Waals surface area contributed by atoms with E-state index >= 15 is 0 Å². The Balaban J connectivity index is 1.52. The first-order chi connectivity index (χ1) is 18.8. The molecule has 0 fully saturated rings. The second-order valence-electron chi connectivity index (χ2n) is 9.72. The van der Waals surface area contributed by atoms with Crippen LogP contribution in [0.4, 0.5) is 0 Å². The topological polar surface area (TPSA) is 121 Å². The zero-order chi connectivity index (χ0) is 27.4. The molecule has 0 radical (unpaired) electrons. The molecule has 1 amide bonds. The van der Waals surface area contributed by atoms with Crippen LogP contribution in [0.3, 0.4) is 0 Å². The van der Waals surface area contributed by atoms with Gasteiger partial charge in [-0.25, -0.2) is 13.4 Å². The van der Waals surface area contributed by atoms with Gasteiger partial charge in [0.25, 0.3) is 0 Å². The van der Waals surface area contributed by atoms with Crippen molar-refractivity contribution in [2.24, 2.45) is 5.73 Å². The average molecular weight is 544 g/mol. The molecule has 200 valence electrons. The highest BCUT2D eigenvalue weighted by Crippen LogP contribution is 2.36. The first-order valence-corrected chi connectivity index (χ1v) is 14.6. The molecule has 0 saturated carbocycles. The third-order valence-electron chi connectivity index (χ3n) is 6.86. The highest BCUT2D eigenvalue weighted by Gasteiger charge is 2.27. The maximum absolute atomic E-state index is 13.5. The number of imidazole rings is 1. The zero-order valence-corrected chi connectivity index (χ0v) is 22.1. The SMILES string of the molecule is NC(=O)c1cccc(CS(=O)(=O)Cc2c(O[C@H](Cn3ccnc3)c3ccccc3)ccc3c2CCCC3=O)c1. The molecule has 3 aromatic carbocycles. The van der Waals surface area contributed by atoms with E-state index in [1.165, 1.54) is 6.07 Å². The molecule has 5 rings (SSSR count). The van der Waals surface area contributed by atoms with E-state index in [1.807, 2.05) is 41.1 Å². The number of nitrogens with two attached hydrogens (primary N) is 1. The number of rotatable bonds is 10. The van der Waals surface area contributed by atoms with Crippen molar-refractivity contribution in [3.8, 4) is 5.75 Å². The number of amides is 1. The van der Waals surface area contributed by atoms with Gasteiger partial charge in [0.1, 0.15) is 11.9 Å². The van der Waals surface area contributed by atoms with Gasteiger partial charge in [-0.15, -0.1) is 0 Å². The van der Waals surface area contributed by atoms with Gasteiger partial charge >= 0.3 is 0 Å². The van der Waals surface area contributed by atoms with Gasteiger partial charge in [-0.3, -0.25) is 9.59 Å². The van der Waals surface area contributed by atoms with Crippen LogP contribution >= 0.6 is 0 Å². The Kier molecular flexibility index (Phi) is 7.60. The second kappa shape index (κ2) is 11.2. The maximum Gasteiger partial charge on any atom is 0.248 e. The van der Waals surface area contributed by atoms with Crippen LogP contribution in [0.15, 0.2) is 85.5 Å². The van der Waals surface area contributed by atoms with E-state index in [1.54, 1.807) is 42.9 Å². The molecule has 1 heterocycles. The van der Waals surface area contributed by atoms with Crippen LogP contribution in [-0.4, -0.2) is 29.7 Å². The van der Waals surface area contributed by atoms with Crippen molar-refractivity contribution < 1.29 is 22.7 Å². The number of nitrogens with zero attached hydrogens (tertiary/aromatic N) is 2. The lowest BCUT2D eigenvalue weighted by Crippen LogP contribution is -2.20. The molecular weight excluding hydrogens is 514 g/mol. The number of benzene rings is 3. The molecule has 1 atom stereocenters. The van der Waals surface area contributed by atoms with Gasteiger partial charge < -0.3 is 15.0 Å². The van der Waals surface area contributed by atoms with Crippen molar-refractivity contribution in [2.75, 3.05) is 0 Å². The van der Waals surface area contributed by atoms with Crippen molar-refractivity contribution in [1.82, 2.24) is 9.55 Å². The predicted molar refractivity (Wildman–Crippen MR) is 147 cm³/mol. The lowest BCUT2D eigenvalue weighted by atomic mass is 9.87. The van der Waals surface area contributed by atoms with Crippen LogP contribution in [-0.2, 0) is 34.3 Å².